The third-order valence-corrected chi connectivity index (χ3v) is 5.18. The van der Waals surface area contributed by atoms with Gasteiger partial charge in [-0.25, -0.2) is 4.21 Å². The maximum absolute atomic E-state index is 12.0. The van der Waals surface area contributed by atoms with Crippen LogP contribution in [-0.4, -0.2) is 21.5 Å². The average molecular weight is 247 g/mol. The van der Waals surface area contributed by atoms with Gasteiger partial charge in [0.2, 0.25) is 0 Å². The number of rotatable bonds is 2. The van der Waals surface area contributed by atoms with Gasteiger partial charge >= 0.3 is 0 Å². The predicted molar refractivity (Wildman–Crippen MR) is 60.4 cm³/mol. The molecule has 0 saturated carbocycles. The zero-order valence-corrected chi connectivity index (χ0v) is 10.4. The molecule has 0 saturated heterocycles. The highest BCUT2D eigenvalue weighted by molar-refractivity contribution is 7.95. The number of nitrogens with zero attached hydrogens (tertiary/aromatic N) is 1. The minimum absolute atomic E-state index is 0.450. The molecule has 1 rings (SSSR count). The molecule has 0 aromatic carbocycles. The van der Waals surface area contributed by atoms with Gasteiger partial charge in [0, 0.05) is 13.2 Å². The molecule has 1 N–H and O–H groups in total. The maximum atomic E-state index is 12.0. The van der Waals surface area contributed by atoms with Gasteiger partial charge in [-0.3, -0.25) is 4.79 Å². The van der Waals surface area contributed by atoms with E-state index in [4.69, 9.17) is 0 Å². The third-order valence-electron chi connectivity index (χ3n) is 1.75. The number of thiophene rings is 1. The second-order valence-electron chi connectivity index (χ2n) is 3.29. The summed E-state index contributed by atoms with van der Waals surface area (Å²) in [4.78, 5) is 10.8. The Balaban J connectivity index is 3.17. The van der Waals surface area contributed by atoms with Gasteiger partial charge in [0.25, 0.3) is 5.91 Å². The van der Waals surface area contributed by atoms with Crippen molar-refractivity contribution in [3.63, 3.8) is 0 Å². The first-order valence-corrected chi connectivity index (χ1v) is 7.12. The standard InChI is InChI=1S/C9H13NO3S2/c1-6(11)8-4-9(14-5-8)15(3,13)10-7(2)12/h4-6,11H,1-3H3. The van der Waals surface area contributed by atoms with Crippen LogP contribution >= 0.6 is 11.3 Å². The van der Waals surface area contributed by atoms with Crippen molar-refractivity contribution in [1.82, 2.24) is 0 Å². The van der Waals surface area contributed by atoms with Crippen molar-refractivity contribution in [2.45, 2.75) is 24.2 Å². The fourth-order valence-electron chi connectivity index (χ4n) is 1.04. The highest BCUT2D eigenvalue weighted by Crippen LogP contribution is 2.25. The number of hydrogen-bond acceptors (Lipinski definition) is 4. The minimum Gasteiger partial charge on any atom is -0.389 e. The van der Waals surface area contributed by atoms with Crippen molar-refractivity contribution in [3.8, 4) is 0 Å². The van der Waals surface area contributed by atoms with Crippen molar-refractivity contribution in [1.29, 1.82) is 0 Å². The Morgan fingerprint density at radius 3 is 2.67 bits per heavy atom. The quantitative estimate of drug-likeness (QED) is 0.866. The van der Waals surface area contributed by atoms with E-state index < -0.39 is 21.7 Å². The van der Waals surface area contributed by atoms with E-state index in [0.717, 1.165) is 0 Å². The number of carbonyl (C=O) groups excluding carboxylic acids is 1. The molecule has 0 aliphatic carbocycles. The summed E-state index contributed by atoms with van der Waals surface area (Å²) in [5.41, 5.74) is 0.698. The monoisotopic (exact) mass is 247 g/mol. The van der Waals surface area contributed by atoms with Crippen molar-refractivity contribution in [2.24, 2.45) is 4.36 Å². The molecule has 0 fully saturated rings. The molecule has 2 atom stereocenters. The molecular weight excluding hydrogens is 234 g/mol. The van der Waals surface area contributed by atoms with Gasteiger partial charge in [-0.05, 0) is 23.9 Å². The van der Waals surface area contributed by atoms with E-state index in [2.05, 4.69) is 4.36 Å². The van der Waals surface area contributed by atoms with E-state index in [1.165, 1.54) is 24.5 Å². The van der Waals surface area contributed by atoms with Gasteiger partial charge < -0.3 is 5.11 Å². The molecule has 0 spiro atoms. The number of aliphatic hydroxyl groups excluding tert-OH is 1. The van der Waals surface area contributed by atoms with E-state index in [1.54, 1.807) is 18.4 Å². The lowest BCUT2D eigenvalue weighted by molar-refractivity contribution is -0.115. The molecule has 0 bridgehead atoms. The second kappa shape index (κ2) is 4.42. The van der Waals surface area contributed by atoms with E-state index in [9.17, 15) is 14.1 Å². The molecule has 2 unspecified atom stereocenters. The summed E-state index contributed by atoms with van der Waals surface area (Å²) in [5, 5.41) is 11.0. The Bertz CT molecular complexity index is 481. The molecule has 1 aromatic heterocycles. The number of aliphatic hydroxyl groups is 1. The molecule has 0 radical (unpaired) electrons. The van der Waals surface area contributed by atoms with E-state index >= 15 is 0 Å². The van der Waals surface area contributed by atoms with Crippen molar-refractivity contribution >= 4 is 27.0 Å². The molecule has 1 aromatic rings. The molecule has 6 heteroatoms. The van der Waals surface area contributed by atoms with E-state index in [-0.39, 0.29) is 0 Å². The highest BCUT2D eigenvalue weighted by atomic mass is 32.2. The summed E-state index contributed by atoms with van der Waals surface area (Å²) in [6, 6.07) is 1.63. The Morgan fingerprint density at radius 2 is 2.27 bits per heavy atom. The van der Waals surface area contributed by atoms with Gasteiger partial charge in [0.15, 0.2) is 0 Å². The van der Waals surface area contributed by atoms with Crippen LogP contribution in [0.1, 0.15) is 25.5 Å². The van der Waals surface area contributed by atoms with Crippen LogP contribution in [-0.2, 0) is 14.5 Å². The zero-order valence-electron chi connectivity index (χ0n) is 8.76. The molecule has 1 heterocycles. The first-order chi connectivity index (χ1) is 6.83. The summed E-state index contributed by atoms with van der Waals surface area (Å²) >= 11 is 1.25. The maximum Gasteiger partial charge on any atom is 0.250 e. The lowest BCUT2D eigenvalue weighted by atomic mass is 10.2. The van der Waals surface area contributed by atoms with Crippen LogP contribution in [0.3, 0.4) is 0 Å². The smallest absolute Gasteiger partial charge is 0.250 e. The van der Waals surface area contributed by atoms with Gasteiger partial charge in [-0.1, -0.05) is 0 Å². The van der Waals surface area contributed by atoms with Crippen molar-refractivity contribution in [2.75, 3.05) is 6.26 Å². The van der Waals surface area contributed by atoms with Gasteiger partial charge in [0.1, 0.15) is 4.21 Å². The van der Waals surface area contributed by atoms with Crippen LogP contribution in [0.4, 0.5) is 0 Å². The fraction of sp³-hybridized carbons (Fsp3) is 0.444. The van der Waals surface area contributed by atoms with E-state index in [1.807, 2.05) is 0 Å². The lowest BCUT2D eigenvalue weighted by Crippen LogP contribution is -1.98. The Hall–Kier alpha value is -0.720. The molecule has 15 heavy (non-hydrogen) atoms. The molecule has 84 valence electrons. The fourth-order valence-corrected chi connectivity index (χ4v) is 3.67. The number of carbonyl (C=O) groups is 1. The summed E-state index contributed by atoms with van der Waals surface area (Å²) in [5.74, 6) is -0.450. The Labute approximate surface area is 93.1 Å². The number of amides is 1. The SMILES string of the molecule is CC(=O)N=S(C)(=O)c1cc(C(C)O)cs1. The van der Waals surface area contributed by atoms with Gasteiger partial charge in [-0.15, -0.1) is 11.3 Å². The lowest BCUT2D eigenvalue weighted by Gasteiger charge is -1.99. The van der Waals surface area contributed by atoms with Crippen LogP contribution in [0.5, 0.6) is 0 Å². The highest BCUT2D eigenvalue weighted by Gasteiger charge is 2.12. The van der Waals surface area contributed by atoms with Crippen LogP contribution in [0.15, 0.2) is 20.0 Å². The first kappa shape index (κ1) is 12.4. The van der Waals surface area contributed by atoms with Crippen LogP contribution in [0.25, 0.3) is 0 Å². The Kier molecular flexibility index (Phi) is 3.64. The summed E-state index contributed by atoms with van der Waals surface area (Å²) in [6.45, 7) is 2.90. The molecule has 1 amide bonds. The Morgan fingerprint density at radius 1 is 1.67 bits per heavy atom. The number of hydrogen-bond donors (Lipinski definition) is 1. The minimum atomic E-state index is -2.64. The van der Waals surface area contributed by atoms with Crippen LogP contribution in [0.2, 0.25) is 0 Å². The summed E-state index contributed by atoms with van der Waals surface area (Å²) in [7, 11) is -2.64. The largest absolute Gasteiger partial charge is 0.389 e. The summed E-state index contributed by atoms with van der Waals surface area (Å²) in [6.07, 6.45) is 0.828. The summed E-state index contributed by atoms with van der Waals surface area (Å²) < 4.78 is 16.1. The predicted octanol–water partition coefficient (Wildman–Crippen LogP) is 1.80. The first-order valence-electron chi connectivity index (χ1n) is 4.32. The average Bonchev–Trinajstić information content (AvgIpc) is 2.48. The van der Waals surface area contributed by atoms with Crippen molar-refractivity contribution < 1.29 is 14.1 Å². The van der Waals surface area contributed by atoms with Crippen LogP contribution in [0, 0.1) is 0 Å². The van der Waals surface area contributed by atoms with Gasteiger partial charge in [0.05, 0.1) is 15.8 Å². The zero-order chi connectivity index (χ0) is 11.6. The third kappa shape index (κ3) is 3.12. The van der Waals surface area contributed by atoms with Crippen LogP contribution < -0.4 is 0 Å². The van der Waals surface area contributed by atoms with Gasteiger partial charge in [-0.2, -0.15) is 4.36 Å². The van der Waals surface area contributed by atoms with Crippen molar-refractivity contribution in [3.05, 3.63) is 17.0 Å². The molecular formula is C9H13NO3S2. The van der Waals surface area contributed by atoms with E-state index in [0.29, 0.717) is 9.77 Å². The normalized spacial score (nSPS) is 16.8. The molecule has 0 aliphatic heterocycles. The second-order valence-corrected chi connectivity index (χ2v) is 6.68. The molecule has 0 aliphatic rings. The molecule has 4 nitrogen and oxygen atoms in total. The topological polar surface area (TPSA) is 66.7 Å².